The molecule has 3 rings (SSSR count). The van der Waals surface area contributed by atoms with Crippen LogP contribution in [0.25, 0.3) is 0 Å². The fourth-order valence-corrected chi connectivity index (χ4v) is 5.58. The summed E-state index contributed by atoms with van der Waals surface area (Å²) in [5.74, 6) is -0.120. The van der Waals surface area contributed by atoms with Gasteiger partial charge in [-0.05, 0) is 57.3 Å². The summed E-state index contributed by atoms with van der Waals surface area (Å²) >= 11 is 5.06. The van der Waals surface area contributed by atoms with Crippen molar-refractivity contribution in [3.63, 3.8) is 0 Å². The molecule has 0 saturated carbocycles. The Kier molecular flexibility index (Phi) is 9.11. The molecular formula is C24H31BrN2O3S. The Balaban J connectivity index is 1.59. The third-order valence-electron chi connectivity index (χ3n) is 5.76. The number of carbonyl (C=O) groups excluding carboxylic acids is 2. The molecule has 1 aromatic heterocycles. The summed E-state index contributed by atoms with van der Waals surface area (Å²) in [6, 6.07) is 7.82. The van der Waals surface area contributed by atoms with E-state index in [4.69, 9.17) is 0 Å². The van der Waals surface area contributed by atoms with Crippen molar-refractivity contribution >= 4 is 39.1 Å². The molecule has 1 aliphatic rings. The topological polar surface area (TPSA) is 78.4 Å². The van der Waals surface area contributed by atoms with Crippen molar-refractivity contribution in [2.75, 3.05) is 0 Å². The number of thiophene rings is 1. The number of aliphatic hydroxyl groups is 1. The van der Waals surface area contributed by atoms with Gasteiger partial charge in [0.05, 0.1) is 31.0 Å². The number of carbonyl (C=O) groups is 2. The number of hydrogen-bond donors (Lipinski definition) is 3. The van der Waals surface area contributed by atoms with Crippen LogP contribution in [0.5, 0.6) is 0 Å². The van der Waals surface area contributed by atoms with Crippen LogP contribution in [0, 0.1) is 0 Å². The summed E-state index contributed by atoms with van der Waals surface area (Å²) < 4.78 is 0.969. The highest BCUT2D eigenvalue weighted by molar-refractivity contribution is 9.10. The maximum atomic E-state index is 12.6. The molecule has 31 heavy (non-hydrogen) atoms. The largest absolute Gasteiger partial charge is 0.393 e. The number of benzene rings is 1. The van der Waals surface area contributed by atoms with Crippen LogP contribution in [0.4, 0.5) is 0 Å². The van der Waals surface area contributed by atoms with Crippen molar-refractivity contribution in [3.8, 4) is 0 Å². The summed E-state index contributed by atoms with van der Waals surface area (Å²) in [4.78, 5) is 25.1. The van der Waals surface area contributed by atoms with E-state index in [1.807, 2.05) is 35.0 Å². The zero-order valence-electron chi connectivity index (χ0n) is 17.9. The van der Waals surface area contributed by atoms with Crippen LogP contribution in [0.1, 0.15) is 80.6 Å². The van der Waals surface area contributed by atoms with Crippen LogP contribution in [0.15, 0.2) is 39.5 Å². The van der Waals surface area contributed by atoms with E-state index >= 15 is 0 Å². The van der Waals surface area contributed by atoms with E-state index in [-0.39, 0.29) is 30.3 Å². The lowest BCUT2D eigenvalue weighted by Gasteiger charge is -2.32. The molecule has 0 fully saturated rings. The van der Waals surface area contributed by atoms with Gasteiger partial charge >= 0.3 is 0 Å². The van der Waals surface area contributed by atoms with Gasteiger partial charge in [-0.3, -0.25) is 9.59 Å². The molecule has 0 aliphatic heterocycles. The van der Waals surface area contributed by atoms with Crippen LogP contribution in [0.3, 0.4) is 0 Å². The van der Waals surface area contributed by atoms with Gasteiger partial charge in [0.25, 0.3) is 0 Å². The van der Waals surface area contributed by atoms with Crippen LogP contribution in [-0.2, 0) is 16.0 Å². The summed E-state index contributed by atoms with van der Waals surface area (Å²) in [5, 5.41) is 20.4. The van der Waals surface area contributed by atoms with Crippen molar-refractivity contribution in [2.24, 2.45) is 0 Å². The number of halogens is 1. The van der Waals surface area contributed by atoms with Crippen LogP contribution in [0.2, 0.25) is 0 Å². The van der Waals surface area contributed by atoms with E-state index < -0.39 is 6.10 Å². The molecule has 0 saturated heterocycles. The lowest BCUT2D eigenvalue weighted by molar-refractivity contribution is -0.124. The second kappa shape index (κ2) is 11.8. The fraction of sp³-hybridized carbons (Fsp3) is 0.500. The quantitative estimate of drug-likeness (QED) is 0.387. The van der Waals surface area contributed by atoms with Gasteiger partial charge in [0.15, 0.2) is 0 Å². The van der Waals surface area contributed by atoms with E-state index in [9.17, 15) is 14.7 Å². The van der Waals surface area contributed by atoms with E-state index in [1.165, 1.54) is 0 Å². The molecule has 0 radical (unpaired) electrons. The van der Waals surface area contributed by atoms with Gasteiger partial charge in [-0.1, -0.05) is 50.5 Å². The first-order valence-electron chi connectivity index (χ1n) is 11.0. The number of nitrogens with one attached hydrogen (secondary N) is 2. The van der Waals surface area contributed by atoms with E-state index in [0.29, 0.717) is 12.8 Å². The second-order valence-corrected chi connectivity index (χ2v) is 9.82. The van der Waals surface area contributed by atoms with Crippen molar-refractivity contribution in [1.82, 2.24) is 10.6 Å². The minimum absolute atomic E-state index is 0.00316. The van der Waals surface area contributed by atoms with Gasteiger partial charge in [0.2, 0.25) is 11.8 Å². The third kappa shape index (κ3) is 6.89. The molecular weight excluding hydrogens is 476 g/mol. The minimum Gasteiger partial charge on any atom is -0.393 e. The monoisotopic (exact) mass is 506 g/mol. The van der Waals surface area contributed by atoms with Crippen molar-refractivity contribution in [2.45, 2.75) is 76.5 Å². The number of aliphatic hydroxyl groups excluding tert-OH is 1. The van der Waals surface area contributed by atoms with Gasteiger partial charge in [-0.15, -0.1) is 0 Å². The molecule has 168 valence electrons. The lowest BCUT2D eigenvalue weighted by atomic mass is 9.84. The molecule has 2 amide bonds. The van der Waals surface area contributed by atoms with Crippen LogP contribution in [-0.4, -0.2) is 23.0 Å². The number of amides is 2. The van der Waals surface area contributed by atoms with E-state index in [0.717, 1.165) is 53.3 Å². The van der Waals surface area contributed by atoms with Crippen LogP contribution >= 0.6 is 27.3 Å². The average molecular weight is 507 g/mol. The third-order valence-corrected chi connectivity index (χ3v) is 7.60. The normalized spacial score (nSPS) is 18.8. The maximum Gasteiger partial charge on any atom is 0.224 e. The molecule has 3 N–H and O–H groups in total. The molecule has 1 aromatic carbocycles. The van der Waals surface area contributed by atoms with Gasteiger partial charge in [-0.2, -0.15) is 11.3 Å². The number of hydrogen-bond acceptors (Lipinski definition) is 4. The van der Waals surface area contributed by atoms with Crippen molar-refractivity contribution in [3.05, 3.63) is 56.2 Å². The van der Waals surface area contributed by atoms with Gasteiger partial charge in [0, 0.05) is 9.85 Å². The average Bonchev–Trinajstić information content (AvgIpc) is 3.14. The fourth-order valence-electron chi connectivity index (χ4n) is 4.14. The minimum atomic E-state index is -0.589. The summed E-state index contributed by atoms with van der Waals surface area (Å²) in [6.45, 7) is 2.12. The molecule has 5 nitrogen and oxygen atoms in total. The zero-order chi connectivity index (χ0) is 22.2. The Morgan fingerprint density at radius 3 is 2.32 bits per heavy atom. The predicted octanol–water partition coefficient (Wildman–Crippen LogP) is 5.19. The SMILES string of the molecule is CCCCC[C@H](O)CC(=O)NC1CCC(NC(=O)Cc2cscc2Br)c2ccccc21. The summed E-state index contributed by atoms with van der Waals surface area (Å²) in [7, 11) is 0. The molecule has 2 aromatic rings. The Bertz CT molecular complexity index is 885. The Hall–Kier alpha value is -1.70. The first kappa shape index (κ1) is 24.0. The highest BCUT2D eigenvalue weighted by Gasteiger charge is 2.29. The Labute approximate surface area is 196 Å². The highest BCUT2D eigenvalue weighted by atomic mass is 79.9. The van der Waals surface area contributed by atoms with E-state index in [1.54, 1.807) is 11.3 Å². The van der Waals surface area contributed by atoms with Gasteiger partial charge < -0.3 is 15.7 Å². The van der Waals surface area contributed by atoms with E-state index in [2.05, 4.69) is 33.5 Å². The second-order valence-electron chi connectivity index (χ2n) is 8.22. The molecule has 1 heterocycles. The standard InChI is InChI=1S/C24H31BrN2O3S/c1-2-3-4-7-17(28)13-24(30)27-22-11-10-21(18-8-5-6-9-19(18)22)26-23(29)12-16-14-31-15-20(16)25/h5-6,8-9,14-15,17,21-22,28H,2-4,7,10-13H2,1H3,(H,26,29)(H,27,30)/t17-,21?,22?/m0/s1. The molecule has 0 bridgehead atoms. The van der Waals surface area contributed by atoms with Gasteiger partial charge in [0.1, 0.15) is 0 Å². The molecule has 3 atom stereocenters. The molecule has 1 aliphatic carbocycles. The Morgan fingerprint density at radius 1 is 1.10 bits per heavy atom. The maximum absolute atomic E-state index is 12.6. The molecule has 7 heteroatoms. The molecule has 2 unspecified atom stereocenters. The first-order chi connectivity index (χ1) is 15.0. The van der Waals surface area contributed by atoms with Crippen molar-refractivity contribution < 1.29 is 14.7 Å². The summed E-state index contributed by atoms with van der Waals surface area (Å²) in [6.07, 6.45) is 5.19. The molecule has 0 spiro atoms. The number of fused-ring (bicyclic) bond motifs is 1. The highest BCUT2D eigenvalue weighted by Crippen LogP contribution is 2.36. The smallest absolute Gasteiger partial charge is 0.224 e. The zero-order valence-corrected chi connectivity index (χ0v) is 20.3. The summed E-state index contributed by atoms with van der Waals surface area (Å²) in [5.41, 5.74) is 3.10. The van der Waals surface area contributed by atoms with Crippen molar-refractivity contribution in [1.29, 1.82) is 0 Å². The Morgan fingerprint density at radius 2 is 1.74 bits per heavy atom. The predicted molar refractivity (Wildman–Crippen MR) is 128 cm³/mol. The number of rotatable bonds is 10. The van der Waals surface area contributed by atoms with Crippen LogP contribution < -0.4 is 10.6 Å². The number of unbranched alkanes of at least 4 members (excludes halogenated alkanes) is 2. The first-order valence-corrected chi connectivity index (χ1v) is 12.8. The van der Waals surface area contributed by atoms with Gasteiger partial charge in [-0.25, -0.2) is 0 Å². The lowest BCUT2D eigenvalue weighted by Crippen LogP contribution is -2.37.